The Morgan fingerprint density at radius 3 is 2.12 bits per heavy atom. The normalized spacial score (nSPS) is 11.7. The highest BCUT2D eigenvalue weighted by Crippen LogP contribution is 2.41. The lowest BCUT2D eigenvalue weighted by Gasteiger charge is -2.24. The number of nitrogens with zero attached hydrogens (tertiary/aromatic N) is 2. The summed E-state index contributed by atoms with van der Waals surface area (Å²) in [6, 6.07) is 29.8. The molecule has 2 heterocycles. The molecule has 0 aliphatic carbocycles. The quantitative estimate of drug-likeness (QED) is 0.241. The highest BCUT2D eigenvalue weighted by Gasteiger charge is 2.26. The summed E-state index contributed by atoms with van der Waals surface area (Å²) in [4.78, 5) is 4.54. The molecule has 0 aliphatic heterocycles. The third-order valence-electron chi connectivity index (χ3n) is 7.27. The minimum atomic E-state index is -0.583. The molecule has 0 fully saturated rings. The predicted molar refractivity (Wildman–Crippen MR) is 162 cm³/mol. The van der Waals surface area contributed by atoms with Crippen LogP contribution in [0.3, 0.4) is 0 Å². The first-order valence-electron chi connectivity index (χ1n) is 13.0. The molecule has 0 N–H and O–H groups in total. The molecule has 4 aromatic carbocycles. The average Bonchev–Trinajstić information content (AvgIpc) is 3.34. The van der Waals surface area contributed by atoms with Crippen LogP contribution in [0.15, 0.2) is 89.3 Å². The highest BCUT2D eigenvalue weighted by atomic mass is 19.1. The van der Waals surface area contributed by atoms with Crippen molar-refractivity contribution < 1.29 is 8.81 Å². The van der Waals surface area contributed by atoms with E-state index in [9.17, 15) is 5.26 Å². The Bertz CT molecular complexity index is 1970. The molecule has 0 atom stereocenters. The van der Waals surface area contributed by atoms with Crippen molar-refractivity contribution in [3.05, 3.63) is 102 Å². The molecule has 188 valence electrons. The van der Waals surface area contributed by atoms with E-state index in [1.165, 1.54) is 0 Å². The number of hydrogen-bond donors (Lipinski definition) is 0. The van der Waals surface area contributed by atoms with Crippen molar-refractivity contribution in [1.82, 2.24) is 4.98 Å². The zero-order valence-corrected chi connectivity index (χ0v) is 22.4. The van der Waals surface area contributed by atoms with Crippen molar-refractivity contribution in [2.24, 2.45) is 0 Å². The molecule has 0 aliphatic rings. The number of para-hydroxylation sites is 1. The van der Waals surface area contributed by atoms with Crippen LogP contribution < -0.4 is 11.1 Å². The van der Waals surface area contributed by atoms with Gasteiger partial charge in [0.1, 0.15) is 32.7 Å². The molecule has 40 heavy (non-hydrogen) atoms. The number of benzene rings is 4. The van der Waals surface area contributed by atoms with E-state index in [0.29, 0.717) is 33.1 Å². The fourth-order valence-corrected chi connectivity index (χ4v) is 5.39. The van der Waals surface area contributed by atoms with Crippen molar-refractivity contribution >= 4 is 48.7 Å². The first-order valence-corrected chi connectivity index (χ1v) is 13.0. The second-order valence-corrected chi connectivity index (χ2v) is 10.9. The molecule has 0 amide bonds. The van der Waals surface area contributed by atoms with Crippen molar-refractivity contribution in [1.29, 1.82) is 5.26 Å². The first kappa shape index (κ1) is 25.6. The van der Waals surface area contributed by atoms with Crippen molar-refractivity contribution in [2.45, 2.75) is 26.2 Å². The van der Waals surface area contributed by atoms with E-state index in [-0.39, 0.29) is 22.3 Å². The van der Waals surface area contributed by atoms with Crippen LogP contribution >= 0.6 is 0 Å². The second-order valence-electron chi connectivity index (χ2n) is 10.9. The minimum Gasteiger partial charge on any atom is -0.455 e. The Hall–Kier alpha value is -4.62. The van der Waals surface area contributed by atoms with Gasteiger partial charge in [-0.25, -0.2) is 4.39 Å². The maximum Gasteiger partial charge on any atom is 0.144 e. The van der Waals surface area contributed by atoms with Gasteiger partial charge in [-0.3, -0.25) is 4.98 Å². The van der Waals surface area contributed by atoms with Gasteiger partial charge in [0.2, 0.25) is 0 Å². The molecule has 6 rings (SSSR count). The summed E-state index contributed by atoms with van der Waals surface area (Å²) >= 11 is 0. The van der Waals surface area contributed by atoms with E-state index in [0.717, 1.165) is 22.3 Å². The van der Waals surface area contributed by atoms with Crippen LogP contribution in [0, 0.1) is 17.1 Å². The molecule has 6 aromatic rings. The second kappa shape index (κ2) is 9.54. The molecule has 0 unspecified atom stereocenters. The van der Waals surface area contributed by atoms with Gasteiger partial charge in [0.05, 0.1) is 17.3 Å². The molecule has 0 bridgehead atoms. The van der Waals surface area contributed by atoms with Gasteiger partial charge in [0, 0.05) is 27.5 Å². The molecule has 0 saturated heterocycles. The van der Waals surface area contributed by atoms with E-state index < -0.39 is 11.2 Å². The molecule has 0 saturated carbocycles. The fourth-order valence-electron chi connectivity index (χ4n) is 5.39. The van der Waals surface area contributed by atoms with E-state index in [4.69, 9.17) is 20.1 Å². The van der Waals surface area contributed by atoms with Gasteiger partial charge in [-0.05, 0) is 51.4 Å². The van der Waals surface area contributed by atoms with Crippen LogP contribution in [0.4, 0.5) is 4.39 Å². The lowest BCUT2D eigenvalue weighted by atomic mass is 9.76. The summed E-state index contributed by atoms with van der Waals surface area (Å²) in [7, 11) is 12.6. The van der Waals surface area contributed by atoms with E-state index in [1.54, 1.807) is 12.1 Å². The summed E-state index contributed by atoms with van der Waals surface area (Å²) in [5.74, 6) is -0.583. The molecule has 3 nitrogen and oxygen atoms in total. The van der Waals surface area contributed by atoms with Crippen molar-refractivity contribution in [3.8, 4) is 39.6 Å². The molecular formula is C34H23B2FN2O. The van der Waals surface area contributed by atoms with Gasteiger partial charge in [0.25, 0.3) is 0 Å². The van der Waals surface area contributed by atoms with Crippen LogP contribution in [-0.2, 0) is 5.41 Å². The summed E-state index contributed by atoms with van der Waals surface area (Å²) in [5.41, 5.74) is 5.91. The number of aromatic nitrogens is 1. The number of nitriles is 1. The fraction of sp³-hybridized carbons (Fsp3) is 0.118. The Balaban J connectivity index is 1.58. The SMILES string of the molecule is [B]c1nc(-c2cccc3c2oc2c(-c4ccc(-c5ccccc5)cc4)ccc(C#N)c23)c([B])c(F)c1C(C)(C)C. The number of pyridine rings is 1. The Morgan fingerprint density at radius 1 is 0.775 bits per heavy atom. The number of fused-ring (bicyclic) bond motifs is 3. The average molecular weight is 516 g/mol. The van der Waals surface area contributed by atoms with Gasteiger partial charge in [-0.1, -0.05) is 87.5 Å². The zero-order chi connectivity index (χ0) is 28.2. The van der Waals surface area contributed by atoms with Crippen molar-refractivity contribution in [3.63, 3.8) is 0 Å². The summed E-state index contributed by atoms with van der Waals surface area (Å²) in [6.07, 6.45) is 0. The van der Waals surface area contributed by atoms with Crippen LogP contribution in [0.25, 0.3) is 55.4 Å². The Morgan fingerprint density at radius 2 is 1.45 bits per heavy atom. The van der Waals surface area contributed by atoms with Gasteiger partial charge in [0.15, 0.2) is 0 Å². The van der Waals surface area contributed by atoms with Crippen LogP contribution in [0.5, 0.6) is 0 Å². The minimum absolute atomic E-state index is 0.0826. The lowest BCUT2D eigenvalue weighted by Crippen LogP contribution is -2.34. The van der Waals surface area contributed by atoms with Crippen LogP contribution in [-0.4, -0.2) is 20.7 Å². The molecule has 6 heteroatoms. The van der Waals surface area contributed by atoms with E-state index >= 15 is 4.39 Å². The smallest absolute Gasteiger partial charge is 0.144 e. The zero-order valence-electron chi connectivity index (χ0n) is 22.4. The maximum atomic E-state index is 15.5. The van der Waals surface area contributed by atoms with Gasteiger partial charge < -0.3 is 4.42 Å². The van der Waals surface area contributed by atoms with E-state index in [2.05, 4.69) is 35.3 Å². The maximum absolute atomic E-state index is 15.5. The van der Waals surface area contributed by atoms with Crippen molar-refractivity contribution in [2.75, 3.05) is 0 Å². The Labute approximate surface area is 235 Å². The van der Waals surface area contributed by atoms with E-state index in [1.807, 2.05) is 69.3 Å². The summed E-state index contributed by atoms with van der Waals surface area (Å²) < 4.78 is 22.1. The lowest BCUT2D eigenvalue weighted by molar-refractivity contribution is 0.529. The standard InChI is InChI=1S/C34H23B2FN2O/c1-34(2,3)27-29(37)28(35)30(39-33(27)36)25-11-7-10-24-26-22(18-38)16-17-23(32(26)40-31(24)25)21-14-12-20(13-15-21)19-8-5-4-6-9-19/h4-17H,1-3H3. The summed E-state index contributed by atoms with van der Waals surface area (Å²) in [5, 5.41) is 11.4. The van der Waals surface area contributed by atoms with Gasteiger partial charge in [-0.15, -0.1) is 0 Å². The third-order valence-corrected chi connectivity index (χ3v) is 7.27. The number of hydrogen-bond acceptors (Lipinski definition) is 3. The number of furan rings is 1. The van der Waals surface area contributed by atoms with Crippen LogP contribution in [0.1, 0.15) is 31.9 Å². The third kappa shape index (κ3) is 4.10. The molecule has 4 radical (unpaired) electrons. The monoisotopic (exact) mass is 516 g/mol. The Kier molecular flexibility index (Phi) is 6.11. The molecular weight excluding hydrogens is 493 g/mol. The molecule has 2 aromatic heterocycles. The summed E-state index contributed by atoms with van der Waals surface area (Å²) in [6.45, 7) is 5.58. The topological polar surface area (TPSA) is 49.8 Å². The van der Waals surface area contributed by atoms with Gasteiger partial charge in [-0.2, -0.15) is 5.26 Å². The van der Waals surface area contributed by atoms with Gasteiger partial charge >= 0.3 is 0 Å². The predicted octanol–water partition coefficient (Wildman–Crippen LogP) is 6.88. The largest absolute Gasteiger partial charge is 0.455 e. The van der Waals surface area contributed by atoms with Crippen LogP contribution in [0.2, 0.25) is 0 Å². The highest BCUT2D eigenvalue weighted by molar-refractivity contribution is 6.38. The molecule has 0 spiro atoms. The number of rotatable bonds is 3. The number of halogens is 1. The first-order chi connectivity index (χ1) is 19.2.